The third kappa shape index (κ3) is 11.6. The van der Waals surface area contributed by atoms with Crippen LogP contribution in [0.4, 0.5) is 0 Å². The Morgan fingerprint density at radius 1 is 0.806 bits per heavy atom. The van der Waals surface area contributed by atoms with E-state index < -0.39 is 25.2 Å². The van der Waals surface area contributed by atoms with Gasteiger partial charge in [-0.2, -0.15) is 0 Å². The number of para-hydroxylation sites is 2. The number of hydrogen-bond donors (Lipinski definition) is 1. The van der Waals surface area contributed by atoms with Crippen molar-refractivity contribution in [2.45, 2.75) is 0 Å². The van der Waals surface area contributed by atoms with Crippen molar-refractivity contribution in [3.8, 4) is 11.5 Å². The molecule has 0 aliphatic rings. The van der Waals surface area contributed by atoms with E-state index in [2.05, 4.69) is 9.98 Å². The van der Waals surface area contributed by atoms with Gasteiger partial charge in [-0.25, -0.2) is 0 Å². The summed E-state index contributed by atoms with van der Waals surface area (Å²) in [7, 11) is 1.00. The molecule has 0 aliphatic carbocycles. The van der Waals surface area contributed by atoms with Crippen LogP contribution in [0.3, 0.4) is 0 Å². The molecule has 0 aromatic heterocycles. The Bertz CT molecular complexity index is 801. The molecule has 2 rings (SSSR count). The number of aliphatic hydroxyl groups is 1. The molecular formula is C21H22N2O7Zn. The molecular weight excluding hydrogens is 458 g/mol. The molecule has 9 nitrogen and oxygen atoms in total. The summed E-state index contributed by atoms with van der Waals surface area (Å²) in [6.45, 7) is -0.274. The van der Waals surface area contributed by atoms with Crippen LogP contribution in [0.5, 0.6) is 11.5 Å². The number of benzene rings is 2. The topological polar surface area (TPSA) is 144 Å². The summed E-state index contributed by atoms with van der Waals surface area (Å²) >= 11 is 0. The predicted octanol–water partition coefficient (Wildman–Crippen LogP) is -0.912. The molecule has 10 heteroatoms. The minimum Gasteiger partial charge on any atom is -0.546 e. The molecule has 0 amide bonds. The second-order valence-electron chi connectivity index (χ2n) is 5.47. The molecule has 0 heterocycles. The van der Waals surface area contributed by atoms with Crippen molar-refractivity contribution in [2.75, 3.05) is 33.4 Å². The second kappa shape index (κ2) is 16.7. The quantitative estimate of drug-likeness (QED) is 0.249. The number of carbonyl (C=O) groups excluding carboxylic acids is 2. The fourth-order valence-corrected chi connectivity index (χ4v) is 2.15. The van der Waals surface area contributed by atoms with Gasteiger partial charge in [-0.1, -0.05) is 24.3 Å². The zero-order valence-corrected chi connectivity index (χ0v) is 20.1. The number of hydrogen-bond acceptors (Lipinski definition) is 9. The summed E-state index contributed by atoms with van der Waals surface area (Å²) in [5.41, 5.74) is 1.29. The van der Waals surface area contributed by atoms with Gasteiger partial charge in [-0.3, -0.25) is 9.98 Å². The Balaban J connectivity index is 0.00000291. The van der Waals surface area contributed by atoms with Crippen LogP contribution in [0, 0.1) is 0 Å². The SMILES string of the molecule is CO.O=C([O-])COc1ccccc1C=NCCN=Cc1ccccc1OCC(=O)[O-].[Zn+2]. The van der Waals surface area contributed by atoms with Crippen LogP contribution in [0.25, 0.3) is 0 Å². The summed E-state index contributed by atoms with van der Waals surface area (Å²) in [5.74, 6) is -1.80. The Hall–Kier alpha value is -3.10. The van der Waals surface area contributed by atoms with E-state index in [1.54, 1.807) is 61.0 Å². The molecule has 0 radical (unpaired) electrons. The van der Waals surface area contributed by atoms with Crippen LogP contribution in [0.1, 0.15) is 11.1 Å². The molecule has 2 aromatic rings. The van der Waals surface area contributed by atoms with Gasteiger partial charge in [-0.05, 0) is 24.3 Å². The van der Waals surface area contributed by atoms with Crippen LogP contribution >= 0.6 is 0 Å². The number of carboxylic acids is 2. The van der Waals surface area contributed by atoms with E-state index in [-0.39, 0.29) is 19.5 Å². The van der Waals surface area contributed by atoms with E-state index in [0.717, 1.165) is 7.11 Å². The van der Waals surface area contributed by atoms with Crippen LogP contribution in [0.2, 0.25) is 0 Å². The Kier molecular flexibility index (Phi) is 15.0. The van der Waals surface area contributed by atoms with Gasteiger partial charge in [0, 0.05) is 30.7 Å². The average Bonchev–Trinajstić information content (AvgIpc) is 2.75. The summed E-state index contributed by atoms with van der Waals surface area (Å²) < 4.78 is 10.3. The Morgan fingerprint density at radius 3 is 1.52 bits per heavy atom. The molecule has 2 aromatic carbocycles. The molecule has 0 atom stereocenters. The molecule has 0 bridgehead atoms. The monoisotopic (exact) mass is 478 g/mol. The van der Waals surface area contributed by atoms with E-state index in [4.69, 9.17) is 14.6 Å². The minimum absolute atomic E-state index is 0. The molecule has 0 unspecified atom stereocenters. The molecule has 0 aliphatic heterocycles. The molecule has 0 spiro atoms. The Morgan fingerprint density at radius 2 is 1.16 bits per heavy atom. The first kappa shape index (κ1) is 27.9. The van der Waals surface area contributed by atoms with E-state index in [0.29, 0.717) is 35.7 Å². The van der Waals surface area contributed by atoms with E-state index in [9.17, 15) is 19.8 Å². The zero-order valence-electron chi connectivity index (χ0n) is 17.1. The number of nitrogens with zero attached hydrogens (tertiary/aromatic N) is 2. The van der Waals surface area contributed by atoms with Crippen LogP contribution in [-0.4, -0.2) is 62.9 Å². The largest absolute Gasteiger partial charge is 2.00 e. The first-order valence-corrected chi connectivity index (χ1v) is 8.84. The number of carboxylic acid groups (broad SMARTS) is 2. The summed E-state index contributed by atoms with van der Waals surface area (Å²) in [6, 6.07) is 13.8. The van der Waals surface area contributed by atoms with E-state index >= 15 is 0 Å². The second-order valence-corrected chi connectivity index (χ2v) is 5.47. The first-order valence-electron chi connectivity index (χ1n) is 8.84. The van der Waals surface area contributed by atoms with E-state index in [1.807, 2.05) is 0 Å². The standard InChI is InChI=1S/C20H20N2O6.CH4O.Zn/c23-19(24)13-27-17-7-3-1-5-15(17)11-21-9-10-22-12-16-6-2-4-8-18(16)28-14-20(25)26;1-2;/h1-8,11-12H,9-10,13-14H2,(H,23,24)(H,25,26);2H,1H3;/q;;+2/p-2. The normalized spacial score (nSPS) is 10.1. The molecule has 0 saturated heterocycles. The van der Waals surface area contributed by atoms with Gasteiger partial charge in [0.1, 0.15) is 24.7 Å². The van der Waals surface area contributed by atoms with Crippen molar-refractivity contribution in [2.24, 2.45) is 9.98 Å². The fourth-order valence-electron chi connectivity index (χ4n) is 2.15. The van der Waals surface area contributed by atoms with Crippen molar-refractivity contribution < 1.29 is 53.9 Å². The number of aliphatic hydroxyl groups excluding tert-OH is 1. The van der Waals surface area contributed by atoms with E-state index in [1.165, 1.54) is 0 Å². The number of rotatable bonds is 11. The molecule has 0 fully saturated rings. The summed E-state index contributed by atoms with van der Waals surface area (Å²) in [5, 5.41) is 28.0. The number of aliphatic carboxylic acids is 2. The van der Waals surface area contributed by atoms with Crippen molar-refractivity contribution in [3.05, 3.63) is 59.7 Å². The predicted molar refractivity (Wildman–Crippen MR) is 107 cm³/mol. The zero-order chi connectivity index (χ0) is 22.2. The van der Waals surface area contributed by atoms with Gasteiger partial charge in [0.25, 0.3) is 0 Å². The number of ether oxygens (including phenoxy) is 2. The van der Waals surface area contributed by atoms with Gasteiger partial charge < -0.3 is 34.4 Å². The molecule has 31 heavy (non-hydrogen) atoms. The maximum absolute atomic E-state index is 10.5. The van der Waals surface area contributed by atoms with Crippen LogP contribution in [-0.2, 0) is 29.1 Å². The maximum atomic E-state index is 10.5. The summed E-state index contributed by atoms with van der Waals surface area (Å²) in [6.07, 6.45) is 3.16. The van der Waals surface area contributed by atoms with Crippen LogP contribution in [0.15, 0.2) is 58.5 Å². The minimum atomic E-state index is -1.30. The number of carbonyl (C=O) groups is 2. The average molecular weight is 480 g/mol. The first-order chi connectivity index (χ1) is 14.6. The summed E-state index contributed by atoms with van der Waals surface area (Å²) in [4.78, 5) is 29.5. The van der Waals surface area contributed by atoms with Crippen molar-refractivity contribution in [1.82, 2.24) is 0 Å². The van der Waals surface area contributed by atoms with Gasteiger partial charge in [-0.15, -0.1) is 0 Å². The van der Waals surface area contributed by atoms with Gasteiger partial charge >= 0.3 is 19.5 Å². The molecule has 0 saturated carbocycles. The molecule has 160 valence electrons. The Labute approximate surface area is 192 Å². The maximum Gasteiger partial charge on any atom is 2.00 e. The smallest absolute Gasteiger partial charge is 0.546 e. The third-order valence-corrected chi connectivity index (χ3v) is 3.35. The van der Waals surface area contributed by atoms with Crippen molar-refractivity contribution in [3.63, 3.8) is 0 Å². The van der Waals surface area contributed by atoms with Crippen molar-refractivity contribution >= 4 is 24.4 Å². The molecule has 1 N–H and O–H groups in total. The van der Waals surface area contributed by atoms with Crippen molar-refractivity contribution in [1.29, 1.82) is 0 Å². The van der Waals surface area contributed by atoms with Gasteiger partial charge in [0.2, 0.25) is 0 Å². The number of aliphatic imine (C=N–C) groups is 2. The van der Waals surface area contributed by atoms with Crippen LogP contribution < -0.4 is 19.7 Å². The van der Waals surface area contributed by atoms with Gasteiger partial charge in [0.15, 0.2) is 0 Å². The fraction of sp³-hybridized carbons (Fsp3) is 0.238. The third-order valence-electron chi connectivity index (χ3n) is 3.35. The van der Waals surface area contributed by atoms with Gasteiger partial charge in [0.05, 0.1) is 25.0 Å².